The number of carboxylic acids is 1. The van der Waals surface area contributed by atoms with Crippen molar-refractivity contribution >= 4 is 23.6 Å². The molecule has 0 bridgehead atoms. The molecule has 1 amide bonds. The summed E-state index contributed by atoms with van der Waals surface area (Å²) in [6, 6.07) is 0. The minimum atomic E-state index is -0.800. The Kier molecular flexibility index (Phi) is 5.31. The highest BCUT2D eigenvalue weighted by molar-refractivity contribution is 7.99. The topological polar surface area (TPSA) is 57.6 Å². The lowest BCUT2D eigenvalue weighted by atomic mass is 9.90. The summed E-state index contributed by atoms with van der Waals surface area (Å²) < 4.78 is 0. The first-order valence-corrected chi connectivity index (χ1v) is 7.24. The molecule has 1 fully saturated rings. The number of carboxylic acid groups (broad SMARTS) is 1. The summed E-state index contributed by atoms with van der Waals surface area (Å²) in [6.45, 7) is 4.78. The summed E-state index contributed by atoms with van der Waals surface area (Å²) in [6.07, 6.45) is 2.83. The van der Waals surface area contributed by atoms with Crippen molar-refractivity contribution in [2.24, 2.45) is 5.41 Å². The zero-order valence-electron chi connectivity index (χ0n) is 10.6. The number of nitrogens with zero attached hydrogens (tertiary/aromatic N) is 1. The summed E-state index contributed by atoms with van der Waals surface area (Å²) in [5, 5.41) is 9.07. The fourth-order valence-electron chi connectivity index (χ4n) is 1.85. The number of aliphatic carboxylic acids is 1. The Morgan fingerprint density at radius 2 is 2.18 bits per heavy atom. The van der Waals surface area contributed by atoms with Crippen molar-refractivity contribution in [1.82, 2.24) is 4.90 Å². The number of unbranched alkanes of at least 4 members (excludes halogenated alkanes) is 1. The van der Waals surface area contributed by atoms with Crippen molar-refractivity contribution in [2.75, 3.05) is 24.6 Å². The molecule has 1 saturated heterocycles. The lowest BCUT2D eigenvalue weighted by Gasteiger charge is -2.20. The predicted octanol–water partition coefficient (Wildman–Crippen LogP) is 1.84. The summed E-state index contributed by atoms with van der Waals surface area (Å²) >= 11 is 1.64. The molecule has 1 aliphatic rings. The number of likely N-dealkylation sites (tertiary alicyclic amines) is 1. The molecule has 1 N–H and O–H groups in total. The first kappa shape index (κ1) is 14.4. The van der Waals surface area contributed by atoms with E-state index in [0.717, 1.165) is 18.6 Å². The first-order valence-electron chi connectivity index (χ1n) is 6.08. The zero-order valence-corrected chi connectivity index (χ0v) is 11.4. The van der Waals surface area contributed by atoms with Crippen LogP contribution in [-0.4, -0.2) is 46.5 Å². The Morgan fingerprint density at radius 1 is 1.47 bits per heavy atom. The number of thioether (sulfide) groups is 1. The summed E-state index contributed by atoms with van der Waals surface area (Å²) in [5.74, 6) is 0.768. The third-order valence-electron chi connectivity index (χ3n) is 3.21. The molecule has 0 aromatic carbocycles. The number of rotatable bonds is 6. The molecule has 0 aromatic rings. The fraction of sp³-hybridized carbons (Fsp3) is 0.833. The third kappa shape index (κ3) is 3.91. The van der Waals surface area contributed by atoms with E-state index >= 15 is 0 Å². The normalized spacial score (nSPS) is 24.0. The van der Waals surface area contributed by atoms with Gasteiger partial charge in [-0.05, 0) is 25.5 Å². The number of amides is 1. The molecule has 1 heterocycles. The Morgan fingerprint density at radius 3 is 2.71 bits per heavy atom. The Hall–Kier alpha value is -0.710. The van der Waals surface area contributed by atoms with Crippen LogP contribution in [0.2, 0.25) is 0 Å². The van der Waals surface area contributed by atoms with Crippen LogP contribution in [0.4, 0.5) is 0 Å². The number of carbonyl (C=O) groups excluding carboxylic acids is 1. The largest absolute Gasteiger partial charge is 0.481 e. The van der Waals surface area contributed by atoms with Gasteiger partial charge >= 0.3 is 5.97 Å². The smallest absolute Gasteiger partial charge is 0.311 e. The van der Waals surface area contributed by atoms with E-state index < -0.39 is 11.4 Å². The van der Waals surface area contributed by atoms with E-state index in [9.17, 15) is 9.59 Å². The van der Waals surface area contributed by atoms with Crippen LogP contribution in [0.1, 0.15) is 33.1 Å². The lowest BCUT2D eigenvalue weighted by molar-refractivity contribution is -0.147. The molecular weight excluding hydrogens is 238 g/mol. The maximum Gasteiger partial charge on any atom is 0.311 e. The number of hydrogen-bond acceptors (Lipinski definition) is 3. The molecule has 1 atom stereocenters. The minimum absolute atomic E-state index is 0.0797. The van der Waals surface area contributed by atoms with Crippen molar-refractivity contribution in [3.8, 4) is 0 Å². The van der Waals surface area contributed by atoms with Gasteiger partial charge < -0.3 is 10.0 Å². The monoisotopic (exact) mass is 259 g/mol. The van der Waals surface area contributed by atoms with Gasteiger partial charge in [0.05, 0.1) is 11.2 Å². The Bertz CT molecular complexity index is 295. The minimum Gasteiger partial charge on any atom is -0.481 e. The molecule has 0 spiro atoms. The van der Waals surface area contributed by atoms with E-state index in [-0.39, 0.29) is 5.91 Å². The van der Waals surface area contributed by atoms with Gasteiger partial charge in [0.15, 0.2) is 0 Å². The van der Waals surface area contributed by atoms with Crippen LogP contribution in [0.3, 0.4) is 0 Å². The van der Waals surface area contributed by atoms with E-state index in [1.54, 1.807) is 23.6 Å². The van der Waals surface area contributed by atoms with E-state index in [1.165, 1.54) is 0 Å². The van der Waals surface area contributed by atoms with Crippen LogP contribution in [0.15, 0.2) is 0 Å². The highest BCUT2D eigenvalue weighted by Gasteiger charge is 2.41. The van der Waals surface area contributed by atoms with E-state index in [2.05, 4.69) is 6.92 Å². The Labute approximate surface area is 107 Å². The van der Waals surface area contributed by atoms with Gasteiger partial charge in [-0.1, -0.05) is 13.3 Å². The molecule has 1 rings (SSSR count). The average Bonchev–Trinajstić information content (AvgIpc) is 2.69. The van der Waals surface area contributed by atoms with Crippen molar-refractivity contribution in [1.29, 1.82) is 0 Å². The maximum atomic E-state index is 11.8. The fourth-order valence-corrected chi connectivity index (χ4v) is 2.84. The van der Waals surface area contributed by atoms with Gasteiger partial charge in [-0.25, -0.2) is 0 Å². The zero-order chi connectivity index (χ0) is 12.9. The Balaban J connectivity index is 2.33. The van der Waals surface area contributed by atoms with Gasteiger partial charge in [-0.2, -0.15) is 11.8 Å². The summed E-state index contributed by atoms with van der Waals surface area (Å²) in [5.41, 5.74) is -0.746. The molecule has 5 heteroatoms. The molecule has 17 heavy (non-hydrogen) atoms. The average molecular weight is 259 g/mol. The van der Waals surface area contributed by atoms with E-state index in [0.29, 0.717) is 25.3 Å². The molecule has 0 aromatic heterocycles. The van der Waals surface area contributed by atoms with Crippen LogP contribution in [0, 0.1) is 5.41 Å². The van der Waals surface area contributed by atoms with Crippen LogP contribution in [-0.2, 0) is 9.59 Å². The van der Waals surface area contributed by atoms with Crippen molar-refractivity contribution in [3.05, 3.63) is 0 Å². The van der Waals surface area contributed by atoms with Crippen LogP contribution >= 0.6 is 11.8 Å². The van der Waals surface area contributed by atoms with E-state index in [4.69, 9.17) is 5.11 Å². The predicted molar refractivity (Wildman–Crippen MR) is 69.2 cm³/mol. The molecule has 0 saturated carbocycles. The second-order valence-corrected chi connectivity index (χ2v) is 5.94. The molecule has 4 nitrogen and oxygen atoms in total. The molecule has 1 unspecified atom stereocenters. The summed E-state index contributed by atoms with van der Waals surface area (Å²) in [7, 11) is 0. The summed E-state index contributed by atoms with van der Waals surface area (Å²) in [4.78, 5) is 24.6. The highest BCUT2D eigenvalue weighted by Crippen LogP contribution is 2.30. The first-order chi connectivity index (χ1) is 7.99. The van der Waals surface area contributed by atoms with Gasteiger partial charge in [-0.15, -0.1) is 0 Å². The second-order valence-electron chi connectivity index (χ2n) is 4.84. The quantitative estimate of drug-likeness (QED) is 0.740. The lowest BCUT2D eigenvalue weighted by Crippen LogP contribution is -2.35. The van der Waals surface area contributed by atoms with Gasteiger partial charge in [0.1, 0.15) is 0 Å². The SMILES string of the molecule is CCCCSCC(=O)N1CCC(C)(C(=O)O)C1. The molecule has 1 aliphatic heterocycles. The van der Waals surface area contributed by atoms with Crippen molar-refractivity contribution in [2.45, 2.75) is 33.1 Å². The van der Waals surface area contributed by atoms with Gasteiger partial charge in [-0.3, -0.25) is 9.59 Å². The van der Waals surface area contributed by atoms with Gasteiger partial charge in [0.25, 0.3) is 0 Å². The van der Waals surface area contributed by atoms with Crippen LogP contribution in [0.25, 0.3) is 0 Å². The van der Waals surface area contributed by atoms with Gasteiger partial charge in [0.2, 0.25) is 5.91 Å². The van der Waals surface area contributed by atoms with Crippen molar-refractivity contribution in [3.63, 3.8) is 0 Å². The molecule has 0 radical (unpaired) electrons. The number of carbonyl (C=O) groups is 2. The standard InChI is InChI=1S/C12H21NO3S/c1-3-4-7-17-8-10(14)13-6-5-12(2,9-13)11(15)16/h3-9H2,1-2H3,(H,15,16). The van der Waals surface area contributed by atoms with Gasteiger partial charge in [0, 0.05) is 13.1 Å². The van der Waals surface area contributed by atoms with E-state index in [1.807, 2.05) is 0 Å². The highest BCUT2D eigenvalue weighted by atomic mass is 32.2. The van der Waals surface area contributed by atoms with Crippen LogP contribution in [0.5, 0.6) is 0 Å². The maximum absolute atomic E-state index is 11.8. The third-order valence-corrected chi connectivity index (χ3v) is 4.24. The molecule has 98 valence electrons. The molecule has 0 aliphatic carbocycles. The molecular formula is C12H21NO3S. The van der Waals surface area contributed by atoms with Crippen molar-refractivity contribution < 1.29 is 14.7 Å². The number of hydrogen-bond donors (Lipinski definition) is 1. The second kappa shape index (κ2) is 6.28. The van der Waals surface area contributed by atoms with Crippen LogP contribution < -0.4 is 0 Å².